The van der Waals surface area contributed by atoms with Gasteiger partial charge in [-0.1, -0.05) is 6.07 Å². The second kappa shape index (κ2) is 10.6. The number of pyridine rings is 1. The van der Waals surface area contributed by atoms with Crippen LogP contribution in [0.25, 0.3) is 5.69 Å². The SMILES string of the molecule is COc1cc([N+](=O)[O-])ccc1-n1c(C)cc([C@@H]2[C@H](c3ccccn3)NC(=S)N2CCCN(C)C)c1C. The molecule has 0 unspecified atom stereocenters. The van der Waals surface area contributed by atoms with E-state index in [4.69, 9.17) is 17.0 Å². The summed E-state index contributed by atoms with van der Waals surface area (Å²) in [5, 5.41) is 15.5. The summed E-state index contributed by atoms with van der Waals surface area (Å²) < 4.78 is 7.65. The molecule has 3 aromatic rings. The molecule has 2 atom stereocenters. The molecule has 2 aromatic heterocycles. The van der Waals surface area contributed by atoms with Crippen molar-refractivity contribution in [1.82, 2.24) is 24.7 Å². The average Bonchev–Trinajstić information content (AvgIpc) is 3.33. The monoisotopic (exact) mass is 508 g/mol. The number of methoxy groups -OCH3 is 1. The number of non-ortho nitro benzene ring substituents is 1. The molecule has 1 fully saturated rings. The molecule has 10 heteroatoms. The van der Waals surface area contributed by atoms with E-state index in [1.54, 1.807) is 12.3 Å². The van der Waals surface area contributed by atoms with Gasteiger partial charge in [0.05, 0.1) is 41.6 Å². The van der Waals surface area contributed by atoms with E-state index in [0.29, 0.717) is 10.9 Å². The van der Waals surface area contributed by atoms with E-state index in [1.165, 1.54) is 19.2 Å². The van der Waals surface area contributed by atoms with Gasteiger partial charge in [-0.25, -0.2) is 0 Å². The molecule has 4 rings (SSSR count). The third kappa shape index (κ3) is 4.91. The van der Waals surface area contributed by atoms with Crippen LogP contribution in [0.4, 0.5) is 5.69 Å². The van der Waals surface area contributed by atoms with Crippen molar-refractivity contribution in [1.29, 1.82) is 0 Å². The van der Waals surface area contributed by atoms with Gasteiger partial charge in [-0.3, -0.25) is 15.1 Å². The van der Waals surface area contributed by atoms with Gasteiger partial charge >= 0.3 is 0 Å². The highest BCUT2D eigenvalue weighted by molar-refractivity contribution is 7.80. The zero-order chi connectivity index (χ0) is 26.0. The Kier molecular flexibility index (Phi) is 7.56. The van der Waals surface area contributed by atoms with Crippen molar-refractivity contribution < 1.29 is 9.66 Å². The molecule has 0 bridgehead atoms. The first-order valence-electron chi connectivity index (χ1n) is 11.9. The minimum Gasteiger partial charge on any atom is -0.494 e. The van der Waals surface area contributed by atoms with Crippen molar-refractivity contribution in [3.05, 3.63) is 81.4 Å². The van der Waals surface area contributed by atoms with E-state index < -0.39 is 4.92 Å². The summed E-state index contributed by atoms with van der Waals surface area (Å²) in [6.07, 6.45) is 2.77. The lowest BCUT2D eigenvalue weighted by Crippen LogP contribution is -2.32. The van der Waals surface area contributed by atoms with Gasteiger partial charge in [-0.05, 0) is 83.0 Å². The molecule has 36 heavy (non-hydrogen) atoms. The number of nitrogens with one attached hydrogen (secondary N) is 1. The number of aromatic nitrogens is 2. The number of ether oxygens (including phenoxy) is 1. The zero-order valence-corrected chi connectivity index (χ0v) is 22.1. The number of nitro groups is 1. The Morgan fingerprint density at radius 3 is 2.64 bits per heavy atom. The molecule has 190 valence electrons. The summed E-state index contributed by atoms with van der Waals surface area (Å²) in [7, 11) is 5.67. The molecule has 9 nitrogen and oxygen atoms in total. The molecular weight excluding hydrogens is 476 g/mol. The van der Waals surface area contributed by atoms with Crippen LogP contribution in [0, 0.1) is 24.0 Å². The second-order valence-corrected chi connectivity index (χ2v) is 9.64. The summed E-state index contributed by atoms with van der Waals surface area (Å²) in [6.45, 7) is 5.86. The van der Waals surface area contributed by atoms with Gasteiger partial charge in [0.1, 0.15) is 5.75 Å². The van der Waals surface area contributed by atoms with Crippen molar-refractivity contribution in [3.63, 3.8) is 0 Å². The minimum atomic E-state index is -0.415. The van der Waals surface area contributed by atoms with E-state index in [1.807, 2.05) is 25.1 Å². The highest BCUT2D eigenvalue weighted by Crippen LogP contribution is 2.42. The summed E-state index contributed by atoms with van der Waals surface area (Å²) in [5.41, 5.74) is 4.82. The predicted octanol–water partition coefficient (Wildman–Crippen LogP) is 4.33. The van der Waals surface area contributed by atoms with Crippen LogP contribution in [0.5, 0.6) is 5.75 Å². The van der Waals surface area contributed by atoms with Gasteiger partial charge in [-0.2, -0.15) is 0 Å². The highest BCUT2D eigenvalue weighted by atomic mass is 32.1. The third-order valence-electron chi connectivity index (χ3n) is 6.61. The Morgan fingerprint density at radius 2 is 2.00 bits per heavy atom. The Bertz CT molecular complexity index is 1260. The normalized spacial score (nSPS) is 17.5. The summed E-state index contributed by atoms with van der Waals surface area (Å²) in [6, 6.07) is 12.6. The lowest BCUT2D eigenvalue weighted by molar-refractivity contribution is -0.384. The van der Waals surface area contributed by atoms with Crippen molar-refractivity contribution in [2.24, 2.45) is 0 Å². The van der Waals surface area contributed by atoms with Gasteiger partial charge < -0.3 is 24.4 Å². The van der Waals surface area contributed by atoms with Crippen LogP contribution < -0.4 is 10.1 Å². The number of hydrogen-bond acceptors (Lipinski definition) is 6. The topological polar surface area (TPSA) is 88.7 Å². The molecule has 1 aliphatic rings. The molecule has 1 saturated heterocycles. The van der Waals surface area contributed by atoms with E-state index in [-0.39, 0.29) is 17.8 Å². The van der Waals surface area contributed by atoms with Crippen LogP contribution >= 0.6 is 12.2 Å². The molecule has 0 aliphatic carbocycles. The van der Waals surface area contributed by atoms with Crippen molar-refractivity contribution in [2.75, 3.05) is 34.3 Å². The van der Waals surface area contributed by atoms with E-state index in [2.05, 4.69) is 51.8 Å². The smallest absolute Gasteiger partial charge is 0.273 e. The van der Waals surface area contributed by atoms with Crippen LogP contribution in [0.1, 0.15) is 41.1 Å². The molecule has 1 aliphatic heterocycles. The Balaban J connectivity index is 1.80. The fourth-order valence-corrected chi connectivity index (χ4v) is 5.30. The fourth-order valence-electron chi connectivity index (χ4n) is 4.96. The molecule has 3 heterocycles. The van der Waals surface area contributed by atoms with Gasteiger partial charge in [0, 0.05) is 30.2 Å². The quantitative estimate of drug-likeness (QED) is 0.260. The van der Waals surface area contributed by atoms with Gasteiger partial charge in [0.25, 0.3) is 5.69 Å². The number of aryl methyl sites for hydroxylation is 1. The highest BCUT2D eigenvalue weighted by Gasteiger charge is 2.41. The molecule has 1 N–H and O–H groups in total. The maximum atomic E-state index is 11.3. The number of hydrogen-bond donors (Lipinski definition) is 1. The van der Waals surface area contributed by atoms with Crippen LogP contribution in [-0.4, -0.2) is 63.7 Å². The third-order valence-corrected chi connectivity index (χ3v) is 6.96. The van der Waals surface area contributed by atoms with Gasteiger partial charge in [-0.15, -0.1) is 0 Å². The van der Waals surface area contributed by atoms with Crippen molar-refractivity contribution in [3.8, 4) is 11.4 Å². The minimum absolute atomic E-state index is 0.00842. The molecule has 0 spiro atoms. The number of rotatable bonds is 9. The molecule has 0 amide bonds. The number of nitrogens with zero attached hydrogens (tertiary/aromatic N) is 5. The van der Waals surface area contributed by atoms with Gasteiger partial charge in [0.15, 0.2) is 5.11 Å². The van der Waals surface area contributed by atoms with Crippen molar-refractivity contribution in [2.45, 2.75) is 32.4 Å². The maximum Gasteiger partial charge on any atom is 0.273 e. The summed E-state index contributed by atoms with van der Waals surface area (Å²) in [5.74, 6) is 0.446. The standard InChI is InChI=1S/C26H32N6O3S/c1-17-15-20(18(2)31(17)22-11-10-19(32(33)34)16-23(22)35-5)25-24(21-9-6-7-12-27-21)28-26(36)30(25)14-8-13-29(3)4/h6-7,9-12,15-16,24-25H,8,13-14H2,1-5H3,(H,28,36)/t24-,25+/m0/s1. The fraction of sp³-hybridized carbons (Fsp3) is 0.385. The largest absolute Gasteiger partial charge is 0.494 e. The first-order chi connectivity index (χ1) is 17.2. The predicted molar refractivity (Wildman–Crippen MR) is 144 cm³/mol. The maximum absolute atomic E-state index is 11.3. The lowest BCUT2D eigenvalue weighted by atomic mass is 9.96. The van der Waals surface area contributed by atoms with E-state index in [0.717, 1.165) is 47.8 Å². The van der Waals surface area contributed by atoms with Crippen LogP contribution in [0.2, 0.25) is 0 Å². The molecule has 1 aromatic carbocycles. The molecular formula is C26H32N6O3S. The van der Waals surface area contributed by atoms with Crippen LogP contribution in [0.3, 0.4) is 0 Å². The Hall–Kier alpha value is -3.50. The second-order valence-electron chi connectivity index (χ2n) is 9.25. The van der Waals surface area contributed by atoms with Crippen LogP contribution in [-0.2, 0) is 0 Å². The Morgan fingerprint density at radius 1 is 1.22 bits per heavy atom. The number of thiocarbonyl (C=S) groups is 1. The zero-order valence-electron chi connectivity index (χ0n) is 21.3. The molecule has 0 saturated carbocycles. The first-order valence-corrected chi connectivity index (χ1v) is 12.3. The van der Waals surface area contributed by atoms with Gasteiger partial charge in [0.2, 0.25) is 0 Å². The Labute approximate surface area is 216 Å². The van der Waals surface area contributed by atoms with Crippen LogP contribution in [0.15, 0.2) is 48.7 Å². The average molecular weight is 509 g/mol. The van der Waals surface area contributed by atoms with E-state index >= 15 is 0 Å². The van der Waals surface area contributed by atoms with E-state index in [9.17, 15) is 10.1 Å². The summed E-state index contributed by atoms with van der Waals surface area (Å²) >= 11 is 5.81. The first kappa shape index (κ1) is 25.6. The lowest BCUT2D eigenvalue weighted by Gasteiger charge is -2.28. The number of nitro benzene ring substituents is 1. The van der Waals surface area contributed by atoms with Crippen molar-refractivity contribution >= 4 is 23.0 Å². The molecule has 0 radical (unpaired) electrons. The number of benzene rings is 1. The summed E-state index contributed by atoms with van der Waals surface area (Å²) in [4.78, 5) is 20.0.